The molecule has 1 aromatic carbocycles. The van der Waals surface area contributed by atoms with Crippen LogP contribution in [0.1, 0.15) is 19.8 Å². The first-order valence-electron chi connectivity index (χ1n) is 5.77. The number of benzene rings is 1. The van der Waals surface area contributed by atoms with Crippen LogP contribution in [0.3, 0.4) is 0 Å². The van der Waals surface area contributed by atoms with Crippen LogP contribution in [0.5, 0.6) is 5.75 Å². The van der Waals surface area contributed by atoms with Crippen LogP contribution in [0.15, 0.2) is 28.0 Å². The minimum Gasteiger partial charge on any atom is -0.508 e. The van der Waals surface area contributed by atoms with Gasteiger partial charge in [-0.15, -0.1) is 0 Å². The molecule has 1 N–H and O–H groups in total. The first-order chi connectivity index (χ1) is 9.24. The summed E-state index contributed by atoms with van der Waals surface area (Å²) in [6, 6.07) is 2.81. The summed E-state index contributed by atoms with van der Waals surface area (Å²) in [5.41, 5.74) is 0. The second kappa shape index (κ2) is 6.53. The van der Waals surface area contributed by atoms with Gasteiger partial charge >= 0.3 is 0 Å². The lowest BCUT2D eigenvalue weighted by molar-refractivity contribution is 0.309. The van der Waals surface area contributed by atoms with Crippen LogP contribution in [0.2, 0.25) is 0 Å². The van der Waals surface area contributed by atoms with Crippen molar-refractivity contribution < 1.29 is 30.3 Å². The molecule has 0 unspecified atom stereocenters. The van der Waals surface area contributed by atoms with Gasteiger partial charge in [0.05, 0.1) is 13.7 Å². The average molecular weight is 324 g/mol. The predicted octanol–water partition coefficient (Wildman–Crippen LogP) is 1.23. The first kappa shape index (κ1) is 16.9. The molecule has 0 amide bonds. The second-order valence-corrected chi connectivity index (χ2v) is 7.15. The molecule has 0 bridgehead atoms. The van der Waals surface area contributed by atoms with E-state index in [1.807, 2.05) is 6.92 Å². The number of rotatable bonds is 7. The van der Waals surface area contributed by atoms with Crippen molar-refractivity contribution in [3.63, 3.8) is 0 Å². The Kier molecular flexibility index (Phi) is 5.51. The van der Waals surface area contributed by atoms with Crippen molar-refractivity contribution in [1.82, 2.24) is 0 Å². The van der Waals surface area contributed by atoms with E-state index in [4.69, 9.17) is 4.18 Å². The summed E-state index contributed by atoms with van der Waals surface area (Å²) in [6.45, 7) is 1.78. The lowest BCUT2D eigenvalue weighted by atomic mass is 10.3. The maximum absolute atomic E-state index is 12.0. The smallest absolute Gasteiger partial charge is 0.298 e. The number of phenols is 1. The molecular weight excluding hydrogens is 308 g/mol. The third kappa shape index (κ3) is 3.92. The zero-order chi connectivity index (χ0) is 15.4. The predicted molar refractivity (Wildman–Crippen MR) is 70.3 cm³/mol. The van der Waals surface area contributed by atoms with E-state index in [0.717, 1.165) is 31.7 Å². The summed E-state index contributed by atoms with van der Waals surface area (Å²) in [5.74, 6) is -0.391. The lowest BCUT2D eigenvalue weighted by Gasteiger charge is -2.10. The molecule has 1 rings (SSSR count). The maximum Gasteiger partial charge on any atom is 0.298 e. The normalized spacial score (nSPS) is 12.5. The highest BCUT2D eigenvalue weighted by atomic mass is 32.2. The lowest BCUT2D eigenvalue weighted by Crippen LogP contribution is -2.13. The van der Waals surface area contributed by atoms with Crippen LogP contribution in [-0.2, 0) is 28.6 Å². The Morgan fingerprint density at radius 2 is 1.75 bits per heavy atom. The van der Waals surface area contributed by atoms with Gasteiger partial charge in [0.15, 0.2) is 0 Å². The van der Waals surface area contributed by atoms with Gasteiger partial charge in [0.1, 0.15) is 15.5 Å². The standard InChI is InChI=1S/C11H16O7S2/c1-3-4-7-18-20(15,16)11-8-9(12)5-6-10(11)19(13,14)17-2/h5-6,8,12H,3-4,7H2,1-2H3. The van der Waals surface area contributed by atoms with Crippen molar-refractivity contribution in [2.75, 3.05) is 13.7 Å². The van der Waals surface area contributed by atoms with Crippen molar-refractivity contribution in [3.05, 3.63) is 18.2 Å². The summed E-state index contributed by atoms with van der Waals surface area (Å²) in [4.78, 5) is -1.22. The molecule has 0 radical (unpaired) electrons. The van der Waals surface area contributed by atoms with Gasteiger partial charge in [0.2, 0.25) is 0 Å². The van der Waals surface area contributed by atoms with Crippen molar-refractivity contribution in [2.24, 2.45) is 0 Å². The fraction of sp³-hybridized carbons (Fsp3) is 0.455. The molecule has 0 aliphatic heterocycles. The topological polar surface area (TPSA) is 107 Å². The molecule has 9 heteroatoms. The Morgan fingerprint density at radius 1 is 1.10 bits per heavy atom. The zero-order valence-corrected chi connectivity index (χ0v) is 12.7. The van der Waals surface area contributed by atoms with E-state index in [9.17, 15) is 21.9 Å². The third-order valence-electron chi connectivity index (χ3n) is 2.42. The van der Waals surface area contributed by atoms with E-state index in [-0.39, 0.29) is 6.61 Å². The maximum atomic E-state index is 12.0. The summed E-state index contributed by atoms with van der Waals surface area (Å²) in [5, 5.41) is 9.36. The van der Waals surface area contributed by atoms with Crippen LogP contribution in [0.4, 0.5) is 0 Å². The van der Waals surface area contributed by atoms with Gasteiger partial charge < -0.3 is 5.11 Å². The minimum atomic E-state index is -4.30. The fourth-order valence-electron chi connectivity index (χ4n) is 1.36. The van der Waals surface area contributed by atoms with Gasteiger partial charge in [-0.05, 0) is 18.6 Å². The van der Waals surface area contributed by atoms with Crippen LogP contribution in [0, 0.1) is 0 Å². The fourth-order valence-corrected chi connectivity index (χ4v) is 3.74. The molecule has 0 spiro atoms. The molecular formula is C11H16O7S2. The Hall–Kier alpha value is -1.16. The molecule has 0 aromatic heterocycles. The Bertz CT molecular complexity index is 662. The number of hydrogen-bond donors (Lipinski definition) is 1. The van der Waals surface area contributed by atoms with Crippen molar-refractivity contribution in [2.45, 2.75) is 29.6 Å². The van der Waals surface area contributed by atoms with Gasteiger partial charge in [0, 0.05) is 6.07 Å². The summed E-state index contributed by atoms with van der Waals surface area (Å²) in [7, 11) is -7.61. The van der Waals surface area contributed by atoms with E-state index in [0.29, 0.717) is 6.42 Å². The number of aromatic hydroxyl groups is 1. The highest BCUT2D eigenvalue weighted by molar-refractivity contribution is 7.90. The van der Waals surface area contributed by atoms with Crippen LogP contribution in [0.25, 0.3) is 0 Å². The first-order valence-corrected chi connectivity index (χ1v) is 8.59. The van der Waals surface area contributed by atoms with Crippen molar-refractivity contribution in [1.29, 1.82) is 0 Å². The van der Waals surface area contributed by atoms with E-state index in [1.54, 1.807) is 0 Å². The SMILES string of the molecule is CCCCOS(=O)(=O)c1cc(O)ccc1S(=O)(=O)OC. The molecule has 0 fully saturated rings. The Labute approximate surface area is 118 Å². The summed E-state index contributed by atoms with van der Waals surface area (Å²) in [6.07, 6.45) is 1.23. The van der Waals surface area contributed by atoms with Crippen molar-refractivity contribution in [3.8, 4) is 5.75 Å². The van der Waals surface area contributed by atoms with Gasteiger partial charge in [-0.1, -0.05) is 13.3 Å². The van der Waals surface area contributed by atoms with Crippen molar-refractivity contribution >= 4 is 20.2 Å². The molecule has 1 aromatic rings. The highest BCUT2D eigenvalue weighted by Gasteiger charge is 2.28. The van der Waals surface area contributed by atoms with Crippen LogP contribution < -0.4 is 0 Å². The largest absolute Gasteiger partial charge is 0.508 e. The number of phenolic OH excluding ortho intramolecular Hbond substituents is 1. The summed E-state index contributed by atoms with van der Waals surface area (Å²) < 4.78 is 56.4. The molecule has 0 saturated heterocycles. The number of hydrogen-bond acceptors (Lipinski definition) is 7. The monoisotopic (exact) mass is 324 g/mol. The Morgan fingerprint density at radius 3 is 2.30 bits per heavy atom. The van der Waals surface area contributed by atoms with E-state index >= 15 is 0 Å². The van der Waals surface area contributed by atoms with Gasteiger partial charge in [0.25, 0.3) is 20.2 Å². The quantitative estimate of drug-likeness (QED) is 0.593. The molecule has 114 valence electrons. The van der Waals surface area contributed by atoms with Crippen LogP contribution >= 0.6 is 0 Å². The molecule has 0 saturated carbocycles. The zero-order valence-electron chi connectivity index (χ0n) is 11.1. The molecule has 0 heterocycles. The van der Waals surface area contributed by atoms with Gasteiger partial charge in [-0.2, -0.15) is 16.8 Å². The van der Waals surface area contributed by atoms with Crippen LogP contribution in [-0.4, -0.2) is 35.7 Å². The van der Waals surface area contributed by atoms with E-state index in [2.05, 4.69) is 4.18 Å². The molecule has 0 aliphatic carbocycles. The third-order valence-corrected chi connectivity index (χ3v) is 5.24. The Balaban J connectivity index is 3.33. The number of unbranched alkanes of at least 4 members (excludes halogenated alkanes) is 1. The van der Waals surface area contributed by atoms with Gasteiger partial charge in [-0.25, -0.2) is 0 Å². The molecule has 0 aliphatic rings. The van der Waals surface area contributed by atoms with Gasteiger partial charge in [-0.3, -0.25) is 8.37 Å². The highest BCUT2D eigenvalue weighted by Crippen LogP contribution is 2.27. The second-order valence-electron chi connectivity index (χ2n) is 3.88. The average Bonchev–Trinajstić information content (AvgIpc) is 2.38. The summed E-state index contributed by atoms with van der Waals surface area (Å²) >= 11 is 0. The molecule has 20 heavy (non-hydrogen) atoms. The molecule has 0 atom stereocenters. The molecule has 7 nitrogen and oxygen atoms in total. The van der Waals surface area contributed by atoms with E-state index in [1.165, 1.54) is 0 Å². The van der Waals surface area contributed by atoms with E-state index < -0.39 is 35.8 Å². The minimum absolute atomic E-state index is 0.0685.